The van der Waals surface area contributed by atoms with Crippen LogP contribution < -0.4 is 9.47 Å². The molecule has 0 spiro atoms. The van der Waals surface area contributed by atoms with E-state index in [1.165, 1.54) is 13.2 Å². The molecule has 0 saturated carbocycles. The number of esters is 1. The fraction of sp³-hybridized carbons (Fsp3) is 0.0345. The molecule has 0 atom stereocenters. The van der Waals surface area contributed by atoms with Gasteiger partial charge in [-0.3, -0.25) is 4.79 Å². The Morgan fingerprint density at radius 2 is 1.44 bits per heavy atom. The maximum absolute atomic E-state index is 12.6. The predicted octanol–water partition coefficient (Wildman–Crippen LogP) is 7.13. The summed E-state index contributed by atoms with van der Waals surface area (Å²) in [6.07, 6.45) is 3.19. The summed E-state index contributed by atoms with van der Waals surface area (Å²) in [5.41, 5.74) is 3.73. The summed E-state index contributed by atoms with van der Waals surface area (Å²) in [4.78, 5) is 25.1. The molecule has 34 heavy (non-hydrogen) atoms. The van der Waals surface area contributed by atoms with Crippen LogP contribution in [0.1, 0.15) is 26.3 Å². The van der Waals surface area contributed by atoms with Crippen molar-refractivity contribution in [2.24, 2.45) is 0 Å². The summed E-state index contributed by atoms with van der Waals surface area (Å²) in [6, 6.07) is 29.2. The monoisotopic (exact) mass is 468 g/mol. The zero-order chi connectivity index (χ0) is 23.9. The highest BCUT2D eigenvalue weighted by atomic mass is 35.5. The Bertz CT molecular complexity index is 1340. The summed E-state index contributed by atoms with van der Waals surface area (Å²) >= 11 is 6.07. The van der Waals surface area contributed by atoms with E-state index in [9.17, 15) is 9.59 Å². The quantitative estimate of drug-likeness (QED) is 0.125. The highest BCUT2D eigenvalue weighted by Crippen LogP contribution is 2.30. The Kier molecular flexibility index (Phi) is 7.21. The number of allylic oxidation sites excluding steroid dienone is 1. The van der Waals surface area contributed by atoms with Gasteiger partial charge in [0.2, 0.25) is 0 Å². The number of rotatable bonds is 7. The smallest absolute Gasteiger partial charge is 0.345 e. The molecule has 0 amide bonds. The number of halogens is 1. The molecule has 0 heterocycles. The normalized spacial score (nSPS) is 10.8. The molecule has 4 nitrogen and oxygen atoms in total. The van der Waals surface area contributed by atoms with E-state index >= 15 is 0 Å². The summed E-state index contributed by atoms with van der Waals surface area (Å²) in [7, 11) is 1.48. The largest absolute Gasteiger partial charge is 0.493 e. The summed E-state index contributed by atoms with van der Waals surface area (Å²) in [6.45, 7) is 0. The molecule has 0 radical (unpaired) electrons. The fourth-order valence-electron chi connectivity index (χ4n) is 3.38. The third-order valence-electron chi connectivity index (χ3n) is 5.19. The molecular weight excluding hydrogens is 448 g/mol. The molecule has 0 aromatic heterocycles. The molecule has 0 bridgehead atoms. The lowest BCUT2D eigenvalue weighted by Gasteiger charge is -2.10. The SMILES string of the molecule is COc1cc(/C=C/C(=O)c2ccc(-c3ccccc3)cc2)ccc1OC(=O)c1ccccc1Cl. The number of benzene rings is 4. The first kappa shape index (κ1) is 23.0. The van der Waals surface area contributed by atoms with Gasteiger partial charge in [-0.15, -0.1) is 0 Å². The third-order valence-corrected chi connectivity index (χ3v) is 5.52. The Hall–Kier alpha value is -4.15. The van der Waals surface area contributed by atoms with Gasteiger partial charge >= 0.3 is 5.97 Å². The molecule has 4 aromatic carbocycles. The molecular formula is C29H21ClO4. The van der Waals surface area contributed by atoms with Gasteiger partial charge < -0.3 is 9.47 Å². The number of methoxy groups -OCH3 is 1. The van der Waals surface area contributed by atoms with Crippen LogP contribution in [-0.2, 0) is 0 Å². The lowest BCUT2D eigenvalue weighted by Crippen LogP contribution is -2.09. The van der Waals surface area contributed by atoms with Gasteiger partial charge in [0, 0.05) is 5.56 Å². The van der Waals surface area contributed by atoms with E-state index < -0.39 is 5.97 Å². The Labute approximate surface area is 203 Å². The van der Waals surface area contributed by atoms with Crippen LogP contribution in [0, 0.1) is 0 Å². The van der Waals surface area contributed by atoms with Gasteiger partial charge in [0.1, 0.15) is 0 Å². The highest BCUT2D eigenvalue weighted by molar-refractivity contribution is 6.33. The molecule has 168 valence electrons. The molecule has 0 aliphatic heterocycles. The maximum atomic E-state index is 12.6. The summed E-state index contributed by atoms with van der Waals surface area (Å²) in [5, 5.41) is 0.307. The lowest BCUT2D eigenvalue weighted by molar-refractivity contribution is 0.0729. The van der Waals surface area contributed by atoms with Crippen LogP contribution in [0.4, 0.5) is 0 Å². The Morgan fingerprint density at radius 3 is 2.15 bits per heavy atom. The zero-order valence-electron chi connectivity index (χ0n) is 18.4. The average molecular weight is 469 g/mol. The van der Waals surface area contributed by atoms with Gasteiger partial charge in [0.15, 0.2) is 17.3 Å². The van der Waals surface area contributed by atoms with Crippen LogP contribution in [0.25, 0.3) is 17.2 Å². The minimum atomic E-state index is -0.582. The highest BCUT2D eigenvalue weighted by Gasteiger charge is 2.15. The van der Waals surface area contributed by atoms with E-state index in [-0.39, 0.29) is 17.1 Å². The van der Waals surface area contributed by atoms with Gasteiger partial charge in [-0.05, 0) is 47.0 Å². The van der Waals surface area contributed by atoms with Gasteiger partial charge in [-0.25, -0.2) is 4.79 Å². The first-order valence-electron chi connectivity index (χ1n) is 10.6. The van der Waals surface area contributed by atoms with Crippen molar-refractivity contribution < 1.29 is 19.1 Å². The van der Waals surface area contributed by atoms with Crippen molar-refractivity contribution in [1.82, 2.24) is 0 Å². The lowest BCUT2D eigenvalue weighted by atomic mass is 10.0. The summed E-state index contributed by atoms with van der Waals surface area (Å²) in [5.74, 6) is -0.0799. The van der Waals surface area contributed by atoms with Crippen LogP contribution in [0.5, 0.6) is 11.5 Å². The molecule has 0 aliphatic rings. The minimum absolute atomic E-state index is 0.118. The van der Waals surface area contributed by atoms with Gasteiger partial charge in [-0.1, -0.05) is 90.5 Å². The van der Waals surface area contributed by atoms with Gasteiger partial charge in [-0.2, -0.15) is 0 Å². The molecule has 0 fully saturated rings. The molecule has 4 aromatic rings. The fourth-order valence-corrected chi connectivity index (χ4v) is 3.59. The molecule has 0 unspecified atom stereocenters. The van der Waals surface area contributed by atoms with Crippen LogP contribution in [0.2, 0.25) is 5.02 Å². The van der Waals surface area contributed by atoms with Crippen molar-refractivity contribution in [2.75, 3.05) is 7.11 Å². The zero-order valence-corrected chi connectivity index (χ0v) is 19.2. The first-order valence-corrected chi connectivity index (χ1v) is 11.0. The van der Waals surface area contributed by atoms with E-state index in [0.29, 0.717) is 16.3 Å². The van der Waals surface area contributed by atoms with E-state index in [0.717, 1.165) is 16.7 Å². The molecule has 0 N–H and O–H groups in total. The predicted molar refractivity (Wildman–Crippen MR) is 135 cm³/mol. The van der Waals surface area contributed by atoms with Crippen LogP contribution >= 0.6 is 11.6 Å². The van der Waals surface area contributed by atoms with Crippen molar-refractivity contribution in [1.29, 1.82) is 0 Å². The third kappa shape index (κ3) is 5.42. The first-order chi connectivity index (χ1) is 16.5. The second-order valence-electron chi connectivity index (χ2n) is 7.42. The van der Waals surface area contributed by atoms with E-state index in [4.69, 9.17) is 21.1 Å². The molecule has 0 saturated heterocycles. The molecule has 4 rings (SSSR count). The second-order valence-corrected chi connectivity index (χ2v) is 7.83. The van der Waals surface area contributed by atoms with Crippen molar-refractivity contribution in [3.05, 3.63) is 125 Å². The van der Waals surface area contributed by atoms with Crippen molar-refractivity contribution in [3.63, 3.8) is 0 Å². The number of ketones is 1. The number of ether oxygens (including phenoxy) is 2. The van der Waals surface area contributed by atoms with Gasteiger partial charge in [0.25, 0.3) is 0 Å². The molecule has 0 aliphatic carbocycles. The van der Waals surface area contributed by atoms with Gasteiger partial charge in [0.05, 0.1) is 17.7 Å². The van der Waals surface area contributed by atoms with Crippen molar-refractivity contribution >= 4 is 29.4 Å². The standard InChI is InChI=1S/C29H21ClO4/c1-33-28-19-20(12-18-27(28)34-29(32)24-9-5-6-10-25(24)30)11-17-26(31)23-15-13-22(14-16-23)21-7-3-2-4-8-21/h2-19H,1H3/b17-11+. The Balaban J connectivity index is 1.46. The Morgan fingerprint density at radius 1 is 0.765 bits per heavy atom. The number of carbonyl (C=O) groups excluding carboxylic acids is 2. The number of hydrogen-bond donors (Lipinski definition) is 0. The number of carbonyl (C=O) groups is 2. The summed E-state index contributed by atoms with van der Waals surface area (Å²) < 4.78 is 10.8. The van der Waals surface area contributed by atoms with Crippen LogP contribution in [0.3, 0.4) is 0 Å². The second kappa shape index (κ2) is 10.6. The van der Waals surface area contributed by atoms with E-state index in [1.807, 2.05) is 54.6 Å². The average Bonchev–Trinajstić information content (AvgIpc) is 2.88. The van der Waals surface area contributed by atoms with Crippen molar-refractivity contribution in [3.8, 4) is 22.6 Å². The number of hydrogen-bond acceptors (Lipinski definition) is 4. The maximum Gasteiger partial charge on any atom is 0.345 e. The van der Waals surface area contributed by atoms with Crippen LogP contribution in [0.15, 0.2) is 103 Å². The minimum Gasteiger partial charge on any atom is -0.493 e. The van der Waals surface area contributed by atoms with E-state index in [1.54, 1.807) is 48.5 Å². The van der Waals surface area contributed by atoms with Crippen LogP contribution in [-0.4, -0.2) is 18.9 Å². The topological polar surface area (TPSA) is 52.6 Å². The van der Waals surface area contributed by atoms with Crippen molar-refractivity contribution in [2.45, 2.75) is 0 Å². The molecule has 5 heteroatoms. The van der Waals surface area contributed by atoms with E-state index in [2.05, 4.69) is 0 Å².